The summed E-state index contributed by atoms with van der Waals surface area (Å²) in [6.07, 6.45) is 1.39. The minimum absolute atomic E-state index is 0.309. The van der Waals surface area contributed by atoms with Gasteiger partial charge >= 0.3 is 0 Å². The van der Waals surface area contributed by atoms with Crippen molar-refractivity contribution in [1.82, 2.24) is 5.43 Å². The molecule has 0 atom stereocenters. The molecule has 3 rings (SSSR count). The highest BCUT2D eigenvalue weighted by Gasteiger charge is 2.10. The molecule has 0 aliphatic carbocycles. The van der Waals surface area contributed by atoms with E-state index in [9.17, 15) is 9.18 Å². The lowest BCUT2D eigenvalue weighted by Crippen LogP contribution is -2.18. The second-order valence-electron chi connectivity index (χ2n) is 5.11. The van der Waals surface area contributed by atoms with Gasteiger partial charge in [-0.3, -0.25) is 4.79 Å². The Hall–Kier alpha value is -3.41. The highest BCUT2D eigenvalue weighted by Crippen LogP contribution is 2.21. The molecule has 1 amide bonds. The topological polar surface area (TPSA) is 63.8 Å². The van der Waals surface area contributed by atoms with Crippen LogP contribution in [0.25, 0.3) is 11.3 Å². The summed E-state index contributed by atoms with van der Waals surface area (Å²) in [4.78, 5) is 12.1. The number of carbonyl (C=O) groups excluding carboxylic acids is 1. The second-order valence-corrected chi connectivity index (χ2v) is 5.11. The molecule has 0 bridgehead atoms. The fourth-order valence-electron chi connectivity index (χ4n) is 2.24. The predicted octanol–water partition coefficient (Wildman–Crippen LogP) is 3.86. The van der Waals surface area contributed by atoms with Crippen LogP contribution in [0.15, 0.2) is 70.2 Å². The molecule has 1 heterocycles. The van der Waals surface area contributed by atoms with E-state index in [-0.39, 0.29) is 11.7 Å². The van der Waals surface area contributed by atoms with Gasteiger partial charge in [-0.15, -0.1) is 0 Å². The van der Waals surface area contributed by atoms with Gasteiger partial charge < -0.3 is 9.15 Å². The number of nitrogens with one attached hydrogen (secondary N) is 1. The molecule has 0 aliphatic heterocycles. The van der Waals surface area contributed by atoms with Crippen LogP contribution in [0.2, 0.25) is 0 Å². The number of hydrazone groups is 1. The van der Waals surface area contributed by atoms with Crippen molar-refractivity contribution in [3.63, 3.8) is 0 Å². The molecule has 0 fully saturated rings. The van der Waals surface area contributed by atoms with Crippen molar-refractivity contribution in [2.45, 2.75) is 0 Å². The molecule has 0 saturated heterocycles. The highest BCUT2D eigenvalue weighted by molar-refractivity contribution is 5.97. The first kappa shape index (κ1) is 16.4. The lowest BCUT2D eigenvalue weighted by atomic mass is 10.2. The Kier molecular flexibility index (Phi) is 4.89. The van der Waals surface area contributed by atoms with Crippen molar-refractivity contribution in [2.75, 3.05) is 7.11 Å². The van der Waals surface area contributed by atoms with Crippen LogP contribution >= 0.6 is 0 Å². The minimum atomic E-state index is -0.390. The van der Waals surface area contributed by atoms with Crippen LogP contribution in [0.5, 0.6) is 5.75 Å². The molecule has 126 valence electrons. The lowest BCUT2D eigenvalue weighted by molar-refractivity contribution is 0.0952. The first-order valence-electron chi connectivity index (χ1n) is 7.49. The third-order valence-corrected chi connectivity index (χ3v) is 3.47. The Morgan fingerprint density at radius 3 is 2.64 bits per heavy atom. The van der Waals surface area contributed by atoms with Gasteiger partial charge in [0.05, 0.1) is 18.9 Å². The number of hydrogen-bond acceptors (Lipinski definition) is 4. The fraction of sp³-hybridized carbons (Fsp3) is 0.0526. The Morgan fingerprint density at radius 1 is 1.12 bits per heavy atom. The Balaban J connectivity index is 1.67. The van der Waals surface area contributed by atoms with Crippen LogP contribution in [0.1, 0.15) is 16.1 Å². The number of nitrogens with zero attached hydrogens (tertiary/aromatic N) is 1. The molecule has 6 heteroatoms. The third-order valence-electron chi connectivity index (χ3n) is 3.47. The number of halogens is 1. The van der Waals surface area contributed by atoms with Gasteiger partial charge in [0.25, 0.3) is 5.91 Å². The zero-order chi connectivity index (χ0) is 17.6. The molecular weight excluding hydrogens is 323 g/mol. The normalized spacial score (nSPS) is 10.8. The lowest BCUT2D eigenvalue weighted by Gasteiger charge is -2.05. The van der Waals surface area contributed by atoms with Crippen LogP contribution in [0.3, 0.4) is 0 Å². The van der Waals surface area contributed by atoms with E-state index in [1.807, 2.05) is 0 Å². The van der Waals surface area contributed by atoms with E-state index < -0.39 is 0 Å². The van der Waals surface area contributed by atoms with Gasteiger partial charge in [0, 0.05) is 5.56 Å². The molecule has 0 unspecified atom stereocenters. The van der Waals surface area contributed by atoms with Crippen LogP contribution < -0.4 is 10.2 Å². The van der Waals surface area contributed by atoms with E-state index in [0.29, 0.717) is 22.8 Å². The Bertz CT molecular complexity index is 901. The van der Waals surface area contributed by atoms with Gasteiger partial charge in [-0.1, -0.05) is 12.1 Å². The number of benzene rings is 2. The summed E-state index contributed by atoms with van der Waals surface area (Å²) in [7, 11) is 1.50. The van der Waals surface area contributed by atoms with Crippen LogP contribution in [0.4, 0.5) is 4.39 Å². The van der Waals surface area contributed by atoms with E-state index in [2.05, 4.69) is 10.5 Å². The molecule has 2 aromatic carbocycles. The van der Waals surface area contributed by atoms with Crippen LogP contribution in [-0.2, 0) is 0 Å². The van der Waals surface area contributed by atoms with E-state index >= 15 is 0 Å². The average molecular weight is 338 g/mol. The molecule has 1 N–H and O–H groups in total. The van der Waals surface area contributed by atoms with Gasteiger partial charge in [0.2, 0.25) is 0 Å². The first-order valence-corrected chi connectivity index (χ1v) is 7.49. The summed E-state index contributed by atoms with van der Waals surface area (Å²) < 4.78 is 23.7. The molecule has 0 radical (unpaired) electrons. The zero-order valence-electron chi connectivity index (χ0n) is 13.4. The summed E-state index contributed by atoms with van der Waals surface area (Å²) in [5.41, 5.74) is 3.55. The van der Waals surface area contributed by atoms with Gasteiger partial charge in [-0.25, -0.2) is 9.82 Å². The minimum Gasteiger partial charge on any atom is -0.496 e. The molecule has 3 aromatic rings. The van der Waals surface area contributed by atoms with Gasteiger partial charge in [0.1, 0.15) is 23.1 Å². The second kappa shape index (κ2) is 7.44. The van der Waals surface area contributed by atoms with Crippen LogP contribution in [0, 0.1) is 5.82 Å². The van der Waals surface area contributed by atoms with Crippen molar-refractivity contribution in [1.29, 1.82) is 0 Å². The summed E-state index contributed by atoms with van der Waals surface area (Å²) in [5.74, 6) is 0.805. The SMILES string of the molecule is COc1ccccc1C(=O)N/N=C/c1ccc(-c2ccc(F)cc2)o1. The molecule has 0 spiro atoms. The molecular formula is C19H15FN2O3. The van der Waals surface area contributed by atoms with E-state index in [0.717, 1.165) is 5.56 Å². The van der Waals surface area contributed by atoms with Crippen LogP contribution in [-0.4, -0.2) is 19.2 Å². The number of furan rings is 1. The summed E-state index contributed by atoms with van der Waals surface area (Å²) >= 11 is 0. The quantitative estimate of drug-likeness (QED) is 0.567. The zero-order valence-corrected chi connectivity index (χ0v) is 13.4. The monoisotopic (exact) mass is 338 g/mol. The standard InChI is InChI=1S/C19H15FN2O3/c1-24-18-5-3-2-4-16(18)19(23)22-21-12-15-10-11-17(25-15)13-6-8-14(20)9-7-13/h2-12H,1H3,(H,22,23)/b21-12+. The highest BCUT2D eigenvalue weighted by atomic mass is 19.1. The van der Waals surface area contributed by atoms with Crippen molar-refractivity contribution in [2.24, 2.45) is 5.10 Å². The van der Waals surface area contributed by atoms with E-state index in [1.165, 1.54) is 25.5 Å². The largest absolute Gasteiger partial charge is 0.496 e. The molecule has 5 nitrogen and oxygen atoms in total. The maximum atomic E-state index is 12.9. The van der Waals surface area contributed by atoms with Crippen molar-refractivity contribution >= 4 is 12.1 Å². The van der Waals surface area contributed by atoms with E-state index in [1.54, 1.807) is 48.5 Å². The number of para-hydroxylation sites is 1. The number of amides is 1. The van der Waals surface area contributed by atoms with Gasteiger partial charge in [-0.05, 0) is 48.5 Å². The molecule has 0 saturated carbocycles. The Morgan fingerprint density at radius 2 is 1.88 bits per heavy atom. The van der Waals surface area contributed by atoms with Crippen molar-refractivity contribution < 1.29 is 18.3 Å². The van der Waals surface area contributed by atoms with Gasteiger partial charge in [-0.2, -0.15) is 5.10 Å². The molecule has 0 aliphatic rings. The molecule has 1 aromatic heterocycles. The number of rotatable bonds is 5. The smallest absolute Gasteiger partial charge is 0.275 e. The van der Waals surface area contributed by atoms with Crippen molar-refractivity contribution in [3.8, 4) is 17.1 Å². The maximum Gasteiger partial charge on any atom is 0.275 e. The number of carbonyl (C=O) groups is 1. The van der Waals surface area contributed by atoms with E-state index in [4.69, 9.17) is 9.15 Å². The van der Waals surface area contributed by atoms with Gasteiger partial charge in [0.15, 0.2) is 0 Å². The average Bonchev–Trinajstić information content (AvgIpc) is 3.11. The third kappa shape index (κ3) is 3.92. The number of ether oxygens (including phenoxy) is 1. The maximum absolute atomic E-state index is 12.9. The first-order chi connectivity index (χ1) is 12.2. The van der Waals surface area contributed by atoms with Crippen molar-refractivity contribution in [3.05, 3.63) is 77.8 Å². The fourth-order valence-corrected chi connectivity index (χ4v) is 2.24. The Labute approximate surface area is 143 Å². The predicted molar refractivity (Wildman–Crippen MR) is 92.2 cm³/mol. The summed E-state index contributed by atoms with van der Waals surface area (Å²) in [6.45, 7) is 0. The molecule has 25 heavy (non-hydrogen) atoms. The number of hydrogen-bond donors (Lipinski definition) is 1. The summed E-state index contributed by atoms with van der Waals surface area (Å²) in [5, 5.41) is 3.88. The summed E-state index contributed by atoms with van der Waals surface area (Å²) in [6, 6.07) is 16.3. The number of methoxy groups -OCH3 is 1.